The van der Waals surface area contributed by atoms with Crippen molar-refractivity contribution in [2.45, 2.75) is 12.6 Å². The van der Waals surface area contributed by atoms with E-state index in [0.29, 0.717) is 0 Å². The standard InChI is InChI=1S/C14H20BrN3/c1-17(2)8-4-9-18-10-7-11-12(14(18)16)5-3-6-13(11)15/h3,5-7,10,14H,4,8-9,16H2,1-2H3. The molecule has 0 bridgehead atoms. The van der Waals surface area contributed by atoms with Gasteiger partial charge in [0.25, 0.3) is 0 Å². The number of hydrogen-bond donors (Lipinski definition) is 1. The van der Waals surface area contributed by atoms with Gasteiger partial charge in [0.15, 0.2) is 0 Å². The molecule has 1 unspecified atom stereocenters. The Hall–Kier alpha value is -0.840. The van der Waals surface area contributed by atoms with Gasteiger partial charge in [-0.3, -0.25) is 0 Å². The van der Waals surface area contributed by atoms with Crippen molar-refractivity contribution in [2.24, 2.45) is 5.73 Å². The van der Waals surface area contributed by atoms with Crippen LogP contribution >= 0.6 is 15.9 Å². The molecule has 1 aliphatic rings. The van der Waals surface area contributed by atoms with Crippen LogP contribution in [0.4, 0.5) is 0 Å². The minimum absolute atomic E-state index is 0.0373. The molecule has 0 fully saturated rings. The van der Waals surface area contributed by atoms with Crippen LogP contribution in [0.15, 0.2) is 28.9 Å². The van der Waals surface area contributed by atoms with E-state index < -0.39 is 0 Å². The van der Waals surface area contributed by atoms with Crippen LogP contribution in [-0.2, 0) is 0 Å². The molecule has 0 saturated carbocycles. The van der Waals surface area contributed by atoms with Gasteiger partial charge < -0.3 is 15.5 Å². The molecule has 0 saturated heterocycles. The topological polar surface area (TPSA) is 32.5 Å². The van der Waals surface area contributed by atoms with E-state index >= 15 is 0 Å². The summed E-state index contributed by atoms with van der Waals surface area (Å²) in [6.45, 7) is 2.07. The first kappa shape index (κ1) is 13.6. The molecule has 4 heteroatoms. The Balaban J connectivity index is 2.07. The second-order valence-corrected chi connectivity index (χ2v) is 5.75. The molecule has 18 heavy (non-hydrogen) atoms. The maximum Gasteiger partial charge on any atom is 0.103 e. The molecule has 3 nitrogen and oxygen atoms in total. The fourth-order valence-electron chi connectivity index (χ4n) is 2.21. The molecule has 0 aromatic heterocycles. The molecule has 2 N–H and O–H groups in total. The maximum absolute atomic E-state index is 6.32. The van der Waals surface area contributed by atoms with Crippen LogP contribution in [0.5, 0.6) is 0 Å². The van der Waals surface area contributed by atoms with Crippen molar-refractivity contribution in [1.82, 2.24) is 9.80 Å². The van der Waals surface area contributed by atoms with Crippen LogP contribution in [0.3, 0.4) is 0 Å². The van der Waals surface area contributed by atoms with Gasteiger partial charge in [0.2, 0.25) is 0 Å². The zero-order valence-electron chi connectivity index (χ0n) is 10.9. The number of fused-ring (bicyclic) bond motifs is 1. The van der Waals surface area contributed by atoms with E-state index in [0.717, 1.165) is 24.0 Å². The summed E-state index contributed by atoms with van der Waals surface area (Å²) in [7, 11) is 4.19. The van der Waals surface area contributed by atoms with E-state index in [1.54, 1.807) is 0 Å². The lowest BCUT2D eigenvalue weighted by molar-refractivity contribution is 0.263. The second kappa shape index (κ2) is 5.87. The Kier molecular flexibility index (Phi) is 4.43. The quantitative estimate of drug-likeness (QED) is 0.928. The lowest BCUT2D eigenvalue weighted by Crippen LogP contribution is -2.34. The molecule has 1 aromatic rings. The van der Waals surface area contributed by atoms with Gasteiger partial charge in [-0.2, -0.15) is 0 Å². The Bertz CT molecular complexity index is 443. The molecule has 2 rings (SSSR count). The Morgan fingerprint density at radius 2 is 2.17 bits per heavy atom. The van der Waals surface area contributed by atoms with Crippen molar-refractivity contribution >= 4 is 22.0 Å². The molecular weight excluding hydrogens is 290 g/mol. The minimum atomic E-state index is -0.0373. The van der Waals surface area contributed by atoms with Crippen LogP contribution in [0, 0.1) is 0 Å². The van der Waals surface area contributed by atoms with Crippen LogP contribution < -0.4 is 5.73 Å². The van der Waals surface area contributed by atoms with Gasteiger partial charge in [-0.1, -0.05) is 28.1 Å². The molecule has 1 aliphatic heterocycles. The third-order valence-corrected chi connectivity index (χ3v) is 3.91. The highest BCUT2D eigenvalue weighted by Gasteiger charge is 2.20. The van der Waals surface area contributed by atoms with Crippen LogP contribution in [0.25, 0.3) is 6.08 Å². The average Bonchev–Trinajstić information content (AvgIpc) is 2.32. The molecule has 1 aromatic carbocycles. The first-order valence-corrected chi connectivity index (χ1v) is 7.01. The van der Waals surface area contributed by atoms with Gasteiger partial charge >= 0.3 is 0 Å². The normalized spacial score (nSPS) is 18.3. The molecule has 0 amide bonds. The summed E-state index contributed by atoms with van der Waals surface area (Å²) >= 11 is 3.57. The SMILES string of the molecule is CN(C)CCCN1C=Cc2c(Br)cccc2C1N. The van der Waals surface area contributed by atoms with Gasteiger partial charge in [-0.15, -0.1) is 0 Å². The molecule has 0 radical (unpaired) electrons. The van der Waals surface area contributed by atoms with Crippen molar-refractivity contribution in [1.29, 1.82) is 0 Å². The summed E-state index contributed by atoms with van der Waals surface area (Å²) in [4.78, 5) is 4.40. The van der Waals surface area contributed by atoms with Gasteiger partial charge in [-0.05, 0) is 50.3 Å². The summed E-state index contributed by atoms with van der Waals surface area (Å²) in [5.41, 5.74) is 8.71. The lowest BCUT2D eigenvalue weighted by Gasteiger charge is -2.32. The summed E-state index contributed by atoms with van der Waals surface area (Å²) in [5, 5.41) is 0. The van der Waals surface area contributed by atoms with E-state index in [1.807, 2.05) is 6.07 Å². The van der Waals surface area contributed by atoms with Crippen molar-refractivity contribution in [2.75, 3.05) is 27.2 Å². The summed E-state index contributed by atoms with van der Waals surface area (Å²) in [6.07, 6.45) is 5.32. The molecule has 1 atom stereocenters. The van der Waals surface area contributed by atoms with Crippen LogP contribution in [0.1, 0.15) is 23.7 Å². The molecular formula is C14H20BrN3. The van der Waals surface area contributed by atoms with Crippen molar-refractivity contribution < 1.29 is 0 Å². The minimum Gasteiger partial charge on any atom is -0.358 e. The van der Waals surface area contributed by atoms with Gasteiger partial charge in [0.05, 0.1) is 0 Å². The van der Waals surface area contributed by atoms with E-state index in [9.17, 15) is 0 Å². The molecule has 0 aliphatic carbocycles. The number of nitrogens with two attached hydrogens (primary N) is 1. The fourth-order valence-corrected chi connectivity index (χ4v) is 2.73. The van der Waals surface area contributed by atoms with Crippen molar-refractivity contribution in [3.8, 4) is 0 Å². The predicted octanol–water partition coefficient (Wildman–Crippen LogP) is 2.64. The first-order chi connectivity index (χ1) is 8.59. The number of benzene rings is 1. The highest BCUT2D eigenvalue weighted by molar-refractivity contribution is 9.10. The number of halogens is 1. The second-order valence-electron chi connectivity index (χ2n) is 4.90. The lowest BCUT2D eigenvalue weighted by atomic mass is 10.0. The largest absolute Gasteiger partial charge is 0.358 e. The smallest absolute Gasteiger partial charge is 0.103 e. The van der Waals surface area contributed by atoms with E-state index in [-0.39, 0.29) is 6.17 Å². The third-order valence-electron chi connectivity index (χ3n) is 3.22. The number of rotatable bonds is 4. The first-order valence-electron chi connectivity index (χ1n) is 6.22. The summed E-state index contributed by atoms with van der Waals surface area (Å²) in [5.74, 6) is 0. The monoisotopic (exact) mass is 309 g/mol. The zero-order valence-corrected chi connectivity index (χ0v) is 12.5. The van der Waals surface area contributed by atoms with Crippen LogP contribution in [0.2, 0.25) is 0 Å². The fraction of sp³-hybridized carbons (Fsp3) is 0.429. The molecule has 0 spiro atoms. The average molecular weight is 310 g/mol. The van der Waals surface area contributed by atoms with Crippen molar-refractivity contribution in [3.63, 3.8) is 0 Å². The molecule has 98 valence electrons. The Morgan fingerprint density at radius 3 is 2.89 bits per heavy atom. The highest BCUT2D eigenvalue weighted by atomic mass is 79.9. The van der Waals surface area contributed by atoms with Crippen molar-refractivity contribution in [3.05, 3.63) is 40.0 Å². The Morgan fingerprint density at radius 1 is 1.39 bits per heavy atom. The van der Waals surface area contributed by atoms with Gasteiger partial charge in [0, 0.05) is 17.2 Å². The molecule has 1 heterocycles. The summed E-state index contributed by atoms with van der Waals surface area (Å²) < 4.78 is 1.11. The Labute approximate surface area is 117 Å². The summed E-state index contributed by atoms with van der Waals surface area (Å²) in [6, 6.07) is 6.20. The van der Waals surface area contributed by atoms with Crippen LogP contribution in [-0.4, -0.2) is 37.0 Å². The number of nitrogens with zero attached hydrogens (tertiary/aromatic N) is 2. The van der Waals surface area contributed by atoms with Gasteiger partial charge in [-0.25, -0.2) is 0 Å². The van der Waals surface area contributed by atoms with E-state index in [2.05, 4.69) is 64.2 Å². The maximum atomic E-state index is 6.32. The predicted molar refractivity (Wildman–Crippen MR) is 80.0 cm³/mol. The number of hydrogen-bond acceptors (Lipinski definition) is 3. The van der Waals surface area contributed by atoms with E-state index in [4.69, 9.17) is 5.73 Å². The third kappa shape index (κ3) is 2.94. The highest BCUT2D eigenvalue weighted by Crippen LogP contribution is 2.31. The van der Waals surface area contributed by atoms with Gasteiger partial charge in [0.1, 0.15) is 6.17 Å². The van der Waals surface area contributed by atoms with E-state index in [1.165, 1.54) is 11.1 Å². The zero-order chi connectivity index (χ0) is 13.1.